The van der Waals surface area contributed by atoms with E-state index in [2.05, 4.69) is 167 Å². The molecule has 390 valence electrons. The van der Waals surface area contributed by atoms with Crippen molar-refractivity contribution >= 4 is 17.9 Å². The summed E-state index contributed by atoms with van der Waals surface area (Å²) in [6.45, 7) is 6.23. The van der Waals surface area contributed by atoms with Crippen LogP contribution in [0, 0.1) is 0 Å². The minimum Gasteiger partial charge on any atom is -0.462 e. The molecule has 0 saturated carbocycles. The first kappa shape index (κ1) is 65.0. The average Bonchev–Trinajstić information content (AvgIpc) is 3.36. The molecule has 6 nitrogen and oxygen atoms in total. The van der Waals surface area contributed by atoms with Crippen molar-refractivity contribution in [1.29, 1.82) is 0 Å². The highest BCUT2D eigenvalue weighted by molar-refractivity contribution is 5.71. The summed E-state index contributed by atoms with van der Waals surface area (Å²) in [5.41, 5.74) is 0. The van der Waals surface area contributed by atoms with Crippen LogP contribution in [0.2, 0.25) is 0 Å². The third-order valence-corrected chi connectivity index (χ3v) is 10.8. The van der Waals surface area contributed by atoms with Gasteiger partial charge in [-0.05, 0) is 128 Å². The molecule has 0 aliphatic heterocycles. The molecule has 0 amide bonds. The maximum atomic E-state index is 12.8. The zero-order valence-electron chi connectivity index (χ0n) is 44.5. The predicted molar refractivity (Wildman–Crippen MR) is 302 cm³/mol. The third-order valence-electron chi connectivity index (χ3n) is 10.8. The third kappa shape index (κ3) is 54.0. The standard InChI is InChI=1S/C64H98O6/c1-4-7-10-13-16-19-22-25-27-28-29-30-31-32-33-34-35-36-37-40-42-45-48-51-54-57-63(66)69-60-61(59-68-62(65)56-53-50-47-44-41-38-24-21-18-15-12-9-6-3)70-64(67)58-55-52-49-46-43-39-26-23-20-17-14-11-8-5-2/h7,9-10,12,14,16-19,21,23,25-27,29-30,32-33,35-36,38,40-42,47,50,61H,4-6,8,11,13,15,20,22,24,28,31,34,37,39,43-46,48-49,51-60H2,1-3H3/b10-7-,12-9-,17-14-,19-16-,21-18-,26-23-,27-25-,30-29-,33-32-,36-35-,41-38-,42-40-,50-47-. The molecule has 0 aliphatic carbocycles. The van der Waals surface area contributed by atoms with Crippen LogP contribution in [-0.4, -0.2) is 37.2 Å². The molecule has 0 heterocycles. The highest BCUT2D eigenvalue weighted by Gasteiger charge is 2.19. The monoisotopic (exact) mass is 963 g/mol. The smallest absolute Gasteiger partial charge is 0.306 e. The highest BCUT2D eigenvalue weighted by Crippen LogP contribution is 2.12. The van der Waals surface area contributed by atoms with Gasteiger partial charge >= 0.3 is 17.9 Å². The van der Waals surface area contributed by atoms with E-state index in [0.29, 0.717) is 12.8 Å². The Bertz CT molecular complexity index is 1620. The molecule has 0 fully saturated rings. The van der Waals surface area contributed by atoms with Gasteiger partial charge in [-0.1, -0.05) is 217 Å². The summed E-state index contributed by atoms with van der Waals surface area (Å²) in [5.74, 6) is -1.07. The molecule has 0 N–H and O–H groups in total. The van der Waals surface area contributed by atoms with Gasteiger partial charge in [0.25, 0.3) is 0 Å². The van der Waals surface area contributed by atoms with E-state index >= 15 is 0 Å². The summed E-state index contributed by atoms with van der Waals surface area (Å²) in [6.07, 6.45) is 82.5. The van der Waals surface area contributed by atoms with Crippen molar-refractivity contribution in [1.82, 2.24) is 0 Å². The molecule has 1 atom stereocenters. The molecule has 1 unspecified atom stereocenters. The van der Waals surface area contributed by atoms with Crippen molar-refractivity contribution < 1.29 is 28.6 Å². The van der Waals surface area contributed by atoms with E-state index in [9.17, 15) is 14.4 Å². The molecule has 0 spiro atoms. The number of ether oxygens (including phenoxy) is 3. The molecule has 0 bridgehead atoms. The van der Waals surface area contributed by atoms with Crippen LogP contribution in [-0.2, 0) is 28.6 Å². The quantitative estimate of drug-likeness (QED) is 0.0262. The van der Waals surface area contributed by atoms with E-state index < -0.39 is 6.10 Å². The Balaban J connectivity index is 4.51. The van der Waals surface area contributed by atoms with Gasteiger partial charge in [0.1, 0.15) is 13.2 Å². The lowest BCUT2D eigenvalue weighted by molar-refractivity contribution is -0.166. The Hall–Kier alpha value is -4.97. The van der Waals surface area contributed by atoms with E-state index in [4.69, 9.17) is 14.2 Å². The summed E-state index contributed by atoms with van der Waals surface area (Å²) in [5, 5.41) is 0. The van der Waals surface area contributed by atoms with Crippen LogP contribution in [0.3, 0.4) is 0 Å². The summed E-state index contributed by atoms with van der Waals surface area (Å²) >= 11 is 0. The Kier molecular flexibility index (Phi) is 52.6. The Morgan fingerprint density at radius 2 is 0.586 bits per heavy atom. The zero-order chi connectivity index (χ0) is 50.7. The normalized spacial score (nSPS) is 13.4. The average molecular weight is 963 g/mol. The SMILES string of the molecule is CC/C=C\C/C=C\C/C=C\C/C=C\C/C=C\C/C=C\C/C=C\CCCCCC(=O)OCC(COC(=O)CC/C=C\C/C=C\C/C=C\C/C=C\CC)OC(=O)CCCCCCC/C=C\C/C=C\CCCC. The van der Waals surface area contributed by atoms with Gasteiger partial charge in [-0.15, -0.1) is 0 Å². The van der Waals surface area contributed by atoms with E-state index in [1.165, 1.54) is 19.3 Å². The summed E-state index contributed by atoms with van der Waals surface area (Å²) in [6, 6.07) is 0. The molecular formula is C64H98O6. The second-order valence-electron chi connectivity index (χ2n) is 17.4. The van der Waals surface area contributed by atoms with Crippen molar-refractivity contribution in [3.05, 3.63) is 158 Å². The van der Waals surface area contributed by atoms with Crippen LogP contribution in [0.25, 0.3) is 0 Å². The molecule has 0 aromatic rings. The fourth-order valence-corrected chi connectivity index (χ4v) is 6.69. The number of carbonyl (C=O) groups excluding carboxylic acids is 3. The van der Waals surface area contributed by atoms with Gasteiger partial charge in [0.05, 0.1) is 0 Å². The molecule has 6 heteroatoms. The summed E-state index contributed by atoms with van der Waals surface area (Å²) in [4.78, 5) is 38.0. The Morgan fingerprint density at radius 3 is 0.971 bits per heavy atom. The maximum absolute atomic E-state index is 12.8. The number of unbranched alkanes of at least 4 members (excludes halogenated alkanes) is 10. The van der Waals surface area contributed by atoms with Crippen LogP contribution in [0.4, 0.5) is 0 Å². The van der Waals surface area contributed by atoms with Crippen molar-refractivity contribution in [2.45, 2.75) is 213 Å². The van der Waals surface area contributed by atoms with Crippen LogP contribution >= 0.6 is 0 Å². The number of allylic oxidation sites excluding steroid dienone is 26. The first-order valence-corrected chi connectivity index (χ1v) is 27.5. The van der Waals surface area contributed by atoms with Gasteiger partial charge in [0.15, 0.2) is 6.10 Å². The summed E-state index contributed by atoms with van der Waals surface area (Å²) in [7, 11) is 0. The summed E-state index contributed by atoms with van der Waals surface area (Å²) < 4.78 is 16.7. The largest absolute Gasteiger partial charge is 0.462 e. The molecule has 70 heavy (non-hydrogen) atoms. The Labute approximate surface area is 429 Å². The van der Waals surface area contributed by atoms with E-state index in [1.807, 2.05) is 12.2 Å². The molecule has 0 saturated heterocycles. The van der Waals surface area contributed by atoms with Crippen molar-refractivity contribution in [2.24, 2.45) is 0 Å². The topological polar surface area (TPSA) is 78.9 Å². The van der Waals surface area contributed by atoms with Crippen molar-refractivity contribution in [3.63, 3.8) is 0 Å². The molecule has 0 radical (unpaired) electrons. The molecule has 0 aliphatic rings. The van der Waals surface area contributed by atoms with E-state index in [1.54, 1.807) is 0 Å². The number of rotatable bonds is 47. The van der Waals surface area contributed by atoms with E-state index in [-0.39, 0.29) is 44.0 Å². The van der Waals surface area contributed by atoms with Gasteiger partial charge in [-0.2, -0.15) is 0 Å². The first-order chi connectivity index (χ1) is 34.5. The Morgan fingerprint density at radius 1 is 0.300 bits per heavy atom. The van der Waals surface area contributed by atoms with Crippen LogP contribution in [0.15, 0.2) is 158 Å². The zero-order valence-corrected chi connectivity index (χ0v) is 44.5. The number of hydrogen-bond donors (Lipinski definition) is 0. The fraction of sp³-hybridized carbons (Fsp3) is 0.547. The van der Waals surface area contributed by atoms with Crippen molar-refractivity contribution in [3.8, 4) is 0 Å². The second-order valence-corrected chi connectivity index (χ2v) is 17.4. The number of hydrogen-bond acceptors (Lipinski definition) is 6. The fourth-order valence-electron chi connectivity index (χ4n) is 6.69. The first-order valence-electron chi connectivity index (χ1n) is 27.5. The molecular weight excluding hydrogens is 865 g/mol. The number of esters is 3. The molecule has 0 aromatic heterocycles. The minimum atomic E-state index is -0.836. The lowest BCUT2D eigenvalue weighted by Gasteiger charge is -2.18. The lowest BCUT2D eigenvalue weighted by atomic mass is 10.1. The molecule has 0 aromatic carbocycles. The predicted octanol–water partition coefficient (Wildman–Crippen LogP) is 18.6. The lowest BCUT2D eigenvalue weighted by Crippen LogP contribution is -2.30. The molecule has 0 rings (SSSR count). The maximum Gasteiger partial charge on any atom is 0.306 e. The highest BCUT2D eigenvalue weighted by atomic mass is 16.6. The van der Waals surface area contributed by atoms with Gasteiger partial charge < -0.3 is 14.2 Å². The van der Waals surface area contributed by atoms with Crippen molar-refractivity contribution in [2.75, 3.05) is 13.2 Å². The van der Waals surface area contributed by atoms with Crippen LogP contribution < -0.4 is 0 Å². The van der Waals surface area contributed by atoms with Crippen LogP contribution in [0.5, 0.6) is 0 Å². The van der Waals surface area contributed by atoms with Gasteiger partial charge in [-0.3, -0.25) is 14.4 Å². The second kappa shape index (κ2) is 56.6. The van der Waals surface area contributed by atoms with E-state index in [0.717, 1.165) is 141 Å². The van der Waals surface area contributed by atoms with Gasteiger partial charge in [0, 0.05) is 19.3 Å². The van der Waals surface area contributed by atoms with Crippen LogP contribution in [0.1, 0.15) is 207 Å². The number of carbonyl (C=O) groups is 3. The van der Waals surface area contributed by atoms with Gasteiger partial charge in [-0.25, -0.2) is 0 Å². The minimum absolute atomic E-state index is 0.131. The van der Waals surface area contributed by atoms with Gasteiger partial charge in [0.2, 0.25) is 0 Å².